The fraction of sp³-hybridized carbons (Fsp3) is 0.655. The van der Waals surface area contributed by atoms with Crippen LogP contribution in [-0.2, 0) is 30.3 Å². The van der Waals surface area contributed by atoms with E-state index in [4.69, 9.17) is 9.47 Å². The van der Waals surface area contributed by atoms with E-state index in [0.717, 1.165) is 5.56 Å². The van der Waals surface area contributed by atoms with E-state index >= 15 is 0 Å². The van der Waals surface area contributed by atoms with Crippen LogP contribution in [0.2, 0.25) is 0 Å². The van der Waals surface area contributed by atoms with Crippen molar-refractivity contribution in [3.63, 3.8) is 0 Å². The molecule has 9 heteroatoms. The molecule has 1 aromatic carbocycles. The number of Topliss-reactive ketones (excluding diaryl/α,β-unsaturated/α-hetero) is 1. The van der Waals surface area contributed by atoms with E-state index in [1.165, 1.54) is 0 Å². The Hall–Kier alpha value is -2.94. The Balaban J connectivity index is 2.25. The van der Waals surface area contributed by atoms with Crippen LogP contribution in [0.1, 0.15) is 73.8 Å². The van der Waals surface area contributed by atoms with E-state index in [1.54, 1.807) is 27.7 Å². The van der Waals surface area contributed by atoms with Gasteiger partial charge in [0.2, 0.25) is 11.8 Å². The second kappa shape index (κ2) is 13.2. The Labute approximate surface area is 226 Å². The van der Waals surface area contributed by atoms with Gasteiger partial charge in [0.05, 0.1) is 12.6 Å². The predicted molar refractivity (Wildman–Crippen MR) is 145 cm³/mol. The lowest BCUT2D eigenvalue weighted by Crippen LogP contribution is -2.57. The quantitative estimate of drug-likeness (QED) is 0.334. The molecule has 2 unspecified atom stereocenters. The Morgan fingerprint density at radius 2 is 1.37 bits per heavy atom. The molecule has 1 fully saturated rings. The van der Waals surface area contributed by atoms with Crippen molar-refractivity contribution in [2.24, 2.45) is 11.8 Å². The number of rotatable bonds is 13. The van der Waals surface area contributed by atoms with Crippen LogP contribution >= 0.6 is 0 Å². The van der Waals surface area contributed by atoms with Crippen molar-refractivity contribution < 1.29 is 28.7 Å². The summed E-state index contributed by atoms with van der Waals surface area (Å²) in [5.41, 5.74) is -0.763. The molecular weight excluding hydrogens is 486 g/mol. The molecule has 0 aromatic heterocycles. The molecule has 1 saturated heterocycles. The number of ether oxygens (including phenoxy) is 2. The number of amides is 3. The average molecular weight is 532 g/mol. The third-order valence-corrected chi connectivity index (χ3v) is 6.07. The average Bonchev–Trinajstić information content (AvgIpc) is 3.54. The number of carbonyl (C=O) groups is 4. The van der Waals surface area contributed by atoms with E-state index in [-0.39, 0.29) is 24.0 Å². The molecule has 9 nitrogen and oxygen atoms in total. The van der Waals surface area contributed by atoms with Crippen LogP contribution in [0.25, 0.3) is 0 Å². The summed E-state index contributed by atoms with van der Waals surface area (Å²) >= 11 is 0. The summed E-state index contributed by atoms with van der Waals surface area (Å²) in [6.07, 6.45) is 0.318. The highest BCUT2D eigenvalue weighted by atomic mass is 16.6. The van der Waals surface area contributed by atoms with Gasteiger partial charge in [0.25, 0.3) is 0 Å². The molecule has 38 heavy (non-hydrogen) atoms. The third kappa shape index (κ3) is 10.4. The first-order valence-corrected chi connectivity index (χ1v) is 13.4. The smallest absolute Gasteiger partial charge is 0.408 e. The van der Waals surface area contributed by atoms with Crippen molar-refractivity contribution >= 4 is 23.7 Å². The zero-order valence-electron chi connectivity index (χ0n) is 24.1. The maximum Gasteiger partial charge on any atom is 0.408 e. The van der Waals surface area contributed by atoms with Gasteiger partial charge in [0.1, 0.15) is 23.3 Å². The van der Waals surface area contributed by atoms with Crippen LogP contribution in [-0.4, -0.2) is 59.6 Å². The molecule has 1 heterocycles. The van der Waals surface area contributed by atoms with Crippen LogP contribution in [0.15, 0.2) is 30.3 Å². The number of nitrogens with one attached hydrogen (secondary N) is 3. The van der Waals surface area contributed by atoms with Crippen molar-refractivity contribution in [1.82, 2.24) is 16.0 Å². The molecule has 1 aliphatic heterocycles. The highest BCUT2D eigenvalue weighted by Crippen LogP contribution is 2.29. The van der Waals surface area contributed by atoms with Crippen LogP contribution in [0.5, 0.6) is 0 Å². The fourth-order valence-electron chi connectivity index (χ4n) is 4.08. The zero-order chi connectivity index (χ0) is 28.7. The molecule has 0 aliphatic carbocycles. The largest absolute Gasteiger partial charge is 0.444 e. The van der Waals surface area contributed by atoms with Gasteiger partial charge in [0.15, 0.2) is 5.78 Å². The van der Waals surface area contributed by atoms with Crippen molar-refractivity contribution in [2.75, 3.05) is 6.61 Å². The minimum atomic E-state index is -0.963. The van der Waals surface area contributed by atoms with Gasteiger partial charge in [0, 0.05) is 6.42 Å². The Morgan fingerprint density at radius 3 is 1.87 bits per heavy atom. The number of hydrogen-bond donors (Lipinski definition) is 3. The number of carbonyl (C=O) groups excluding carboxylic acids is 4. The van der Waals surface area contributed by atoms with Crippen molar-refractivity contribution in [3.05, 3.63) is 35.9 Å². The minimum Gasteiger partial charge on any atom is -0.444 e. The molecule has 4 atom stereocenters. The van der Waals surface area contributed by atoms with Crippen LogP contribution in [0.4, 0.5) is 4.79 Å². The first-order chi connectivity index (χ1) is 17.6. The fourth-order valence-corrected chi connectivity index (χ4v) is 4.08. The molecule has 212 valence electrons. The SMILES string of the molecule is CC(C)CC(NC(=O)OC(C)(C)C)C(=O)N[C@@H](Cc1ccccc1)C(=O)NC(CC(C)C)C(=O)[C@@]1(C)CO1. The zero-order valence-corrected chi connectivity index (χ0v) is 24.1. The maximum atomic E-state index is 13.6. The highest BCUT2D eigenvalue weighted by Gasteiger charge is 2.50. The number of epoxide rings is 1. The van der Waals surface area contributed by atoms with Crippen LogP contribution in [0, 0.1) is 11.8 Å². The normalized spacial score (nSPS) is 19.3. The molecule has 2 rings (SSSR count). The molecule has 1 aliphatic rings. The Morgan fingerprint density at radius 1 is 0.868 bits per heavy atom. The van der Waals surface area contributed by atoms with Crippen molar-refractivity contribution in [2.45, 2.75) is 104 Å². The molecular formula is C29H45N3O6. The van der Waals surface area contributed by atoms with E-state index in [1.807, 2.05) is 58.0 Å². The van der Waals surface area contributed by atoms with E-state index in [0.29, 0.717) is 19.4 Å². The summed E-state index contributed by atoms with van der Waals surface area (Å²) < 4.78 is 10.7. The summed E-state index contributed by atoms with van der Waals surface area (Å²) in [6, 6.07) is 6.71. The van der Waals surface area contributed by atoms with Gasteiger partial charge >= 0.3 is 6.09 Å². The molecule has 0 radical (unpaired) electrons. The topological polar surface area (TPSA) is 126 Å². The molecule has 3 amide bonds. The Kier molecular flexibility index (Phi) is 10.9. The second-order valence-corrected chi connectivity index (χ2v) is 12.2. The Bertz CT molecular complexity index is 966. The summed E-state index contributed by atoms with van der Waals surface area (Å²) in [7, 11) is 0. The van der Waals surface area contributed by atoms with Gasteiger partial charge in [-0.05, 0) is 57.9 Å². The van der Waals surface area contributed by atoms with Gasteiger partial charge in [-0.3, -0.25) is 14.4 Å². The standard InChI is InChI=1S/C29H45N3O6/c1-18(2)14-21(24(33)29(8)17-37-29)30-26(35)23(16-20-12-10-9-11-13-20)31-25(34)22(15-19(3)4)32-27(36)38-28(5,6)7/h9-13,18-19,21-23H,14-17H2,1-8H3,(H,30,35)(H,31,34)(H,32,36)/t21?,22?,23-,29+/m0/s1. The highest BCUT2D eigenvalue weighted by molar-refractivity contribution is 5.98. The number of hydrogen-bond acceptors (Lipinski definition) is 6. The first kappa shape index (κ1) is 31.3. The monoisotopic (exact) mass is 531 g/mol. The summed E-state index contributed by atoms with van der Waals surface area (Å²) in [5.74, 6) is -0.888. The maximum absolute atomic E-state index is 13.6. The molecule has 3 N–H and O–H groups in total. The van der Waals surface area contributed by atoms with Crippen LogP contribution < -0.4 is 16.0 Å². The summed E-state index contributed by atoms with van der Waals surface area (Å²) in [4.78, 5) is 52.5. The van der Waals surface area contributed by atoms with Crippen LogP contribution in [0.3, 0.4) is 0 Å². The lowest BCUT2D eigenvalue weighted by atomic mass is 9.93. The predicted octanol–water partition coefficient (Wildman–Crippen LogP) is 3.54. The van der Waals surface area contributed by atoms with Crippen molar-refractivity contribution in [3.8, 4) is 0 Å². The number of benzene rings is 1. The van der Waals surface area contributed by atoms with E-state index in [9.17, 15) is 19.2 Å². The number of ketones is 1. The van der Waals surface area contributed by atoms with E-state index in [2.05, 4.69) is 16.0 Å². The molecule has 0 spiro atoms. The summed E-state index contributed by atoms with van der Waals surface area (Å²) in [5, 5.41) is 8.35. The third-order valence-electron chi connectivity index (χ3n) is 6.07. The van der Waals surface area contributed by atoms with Gasteiger partial charge in [-0.25, -0.2) is 4.79 Å². The van der Waals surface area contributed by atoms with Gasteiger partial charge < -0.3 is 25.4 Å². The van der Waals surface area contributed by atoms with E-state index < -0.39 is 47.2 Å². The molecule has 0 saturated carbocycles. The first-order valence-electron chi connectivity index (χ1n) is 13.4. The summed E-state index contributed by atoms with van der Waals surface area (Å²) in [6.45, 7) is 15.1. The molecule has 1 aromatic rings. The van der Waals surface area contributed by atoms with Gasteiger partial charge in [-0.15, -0.1) is 0 Å². The molecule has 0 bridgehead atoms. The van der Waals surface area contributed by atoms with Gasteiger partial charge in [-0.2, -0.15) is 0 Å². The lowest BCUT2D eigenvalue weighted by Gasteiger charge is -2.27. The second-order valence-electron chi connectivity index (χ2n) is 12.2. The lowest BCUT2D eigenvalue weighted by molar-refractivity contribution is -0.133. The number of alkyl carbamates (subject to hydrolysis) is 1. The minimum absolute atomic E-state index is 0.0921. The van der Waals surface area contributed by atoms with Crippen molar-refractivity contribution in [1.29, 1.82) is 0 Å². The van der Waals surface area contributed by atoms with Gasteiger partial charge in [-0.1, -0.05) is 58.0 Å².